The average Bonchev–Trinajstić information content (AvgIpc) is 3.22. The lowest BCUT2D eigenvalue weighted by Crippen LogP contribution is -2.29. The smallest absolute Gasteiger partial charge is 0.259 e. The minimum atomic E-state index is -0.168. The summed E-state index contributed by atoms with van der Waals surface area (Å²) in [5.41, 5.74) is 4.11. The van der Waals surface area contributed by atoms with E-state index in [2.05, 4.69) is 15.7 Å². The zero-order valence-electron chi connectivity index (χ0n) is 17.1. The molecular weight excluding hydrogens is 400 g/mol. The van der Waals surface area contributed by atoms with E-state index in [0.29, 0.717) is 16.3 Å². The van der Waals surface area contributed by atoms with Crippen LogP contribution in [-0.4, -0.2) is 35.9 Å². The van der Waals surface area contributed by atoms with E-state index in [1.807, 2.05) is 54.1 Å². The number of carbonyl (C=O) groups is 1. The minimum Gasteiger partial charge on any atom is -0.497 e. The molecule has 2 N–H and O–H groups in total. The highest BCUT2D eigenvalue weighted by molar-refractivity contribution is 6.31. The number of aryl methyl sites for hydroxylation is 1. The third kappa shape index (κ3) is 4.20. The van der Waals surface area contributed by atoms with E-state index in [0.717, 1.165) is 48.6 Å². The first-order chi connectivity index (χ1) is 14.6. The minimum absolute atomic E-state index is 0.168. The molecule has 1 aliphatic rings. The molecule has 0 unspecified atom stereocenters. The fraction of sp³-hybridized carbons (Fsp3) is 0.304. The maximum atomic E-state index is 13.2. The lowest BCUT2D eigenvalue weighted by molar-refractivity contribution is 0.102. The molecular formula is C23H25ClN4O2. The number of piperidine rings is 1. The first-order valence-electron chi connectivity index (χ1n) is 10.1. The molecule has 1 saturated heterocycles. The van der Waals surface area contributed by atoms with Crippen molar-refractivity contribution in [3.63, 3.8) is 0 Å². The maximum Gasteiger partial charge on any atom is 0.259 e. The van der Waals surface area contributed by atoms with E-state index in [1.54, 1.807) is 13.3 Å². The van der Waals surface area contributed by atoms with Crippen molar-refractivity contribution in [1.29, 1.82) is 0 Å². The van der Waals surface area contributed by atoms with Crippen LogP contribution in [0.1, 0.15) is 40.4 Å². The first-order valence-corrected chi connectivity index (χ1v) is 10.4. The van der Waals surface area contributed by atoms with Gasteiger partial charge in [-0.3, -0.25) is 4.79 Å². The topological polar surface area (TPSA) is 68.2 Å². The molecule has 156 valence electrons. The van der Waals surface area contributed by atoms with E-state index in [-0.39, 0.29) is 11.8 Å². The summed E-state index contributed by atoms with van der Waals surface area (Å²) in [6.07, 6.45) is 3.56. The van der Waals surface area contributed by atoms with Crippen LogP contribution in [0.2, 0.25) is 5.02 Å². The van der Waals surface area contributed by atoms with Gasteiger partial charge in [0.1, 0.15) is 5.75 Å². The summed E-state index contributed by atoms with van der Waals surface area (Å²) in [5.74, 6) is 0.816. The van der Waals surface area contributed by atoms with E-state index in [9.17, 15) is 4.79 Å². The van der Waals surface area contributed by atoms with Gasteiger partial charge >= 0.3 is 0 Å². The van der Waals surface area contributed by atoms with E-state index in [4.69, 9.17) is 16.3 Å². The normalized spacial score (nSPS) is 14.5. The number of nitrogens with zero attached hydrogens (tertiary/aromatic N) is 2. The lowest BCUT2D eigenvalue weighted by Gasteiger charge is -2.25. The Hall–Kier alpha value is -2.83. The Labute approximate surface area is 181 Å². The van der Waals surface area contributed by atoms with Crippen LogP contribution in [0.5, 0.6) is 5.75 Å². The highest BCUT2D eigenvalue weighted by Crippen LogP contribution is 2.31. The maximum absolute atomic E-state index is 13.2. The molecule has 30 heavy (non-hydrogen) atoms. The molecule has 1 aliphatic heterocycles. The molecule has 4 rings (SSSR count). The van der Waals surface area contributed by atoms with Crippen LogP contribution in [0.4, 0.5) is 5.69 Å². The summed E-state index contributed by atoms with van der Waals surface area (Å²) in [6, 6.07) is 13.2. The summed E-state index contributed by atoms with van der Waals surface area (Å²) in [4.78, 5) is 13.2. The van der Waals surface area contributed by atoms with Gasteiger partial charge in [-0.25, -0.2) is 4.68 Å². The van der Waals surface area contributed by atoms with Crippen LogP contribution >= 0.6 is 11.6 Å². The molecule has 0 saturated carbocycles. The number of methoxy groups -OCH3 is 1. The van der Waals surface area contributed by atoms with Crippen molar-refractivity contribution in [3.05, 3.63) is 70.5 Å². The highest BCUT2D eigenvalue weighted by atomic mass is 35.5. The van der Waals surface area contributed by atoms with Gasteiger partial charge in [0.25, 0.3) is 5.91 Å². The second kappa shape index (κ2) is 8.90. The molecule has 1 fully saturated rings. The molecule has 3 aromatic rings. The fourth-order valence-electron chi connectivity index (χ4n) is 3.81. The lowest BCUT2D eigenvalue weighted by atomic mass is 9.91. The number of benzene rings is 2. The predicted octanol–water partition coefficient (Wildman–Crippen LogP) is 4.56. The Morgan fingerprint density at radius 1 is 1.20 bits per heavy atom. The molecule has 0 aliphatic carbocycles. The summed E-state index contributed by atoms with van der Waals surface area (Å²) in [6.45, 7) is 3.81. The number of hydrogen-bond acceptors (Lipinski definition) is 4. The number of amides is 1. The zero-order chi connectivity index (χ0) is 21.1. The molecule has 7 heteroatoms. The SMILES string of the molecule is COc1ccc(NC(=O)c2cnn(-c3ccc(C)c(Cl)c3)c2C2CCNCC2)cc1. The van der Waals surface area contributed by atoms with Crippen LogP contribution in [0.25, 0.3) is 5.69 Å². The largest absolute Gasteiger partial charge is 0.497 e. The number of hydrogen-bond donors (Lipinski definition) is 2. The fourth-order valence-corrected chi connectivity index (χ4v) is 3.99. The summed E-state index contributed by atoms with van der Waals surface area (Å²) < 4.78 is 7.05. The van der Waals surface area contributed by atoms with Gasteiger partial charge in [0, 0.05) is 16.6 Å². The third-order valence-corrected chi connectivity index (χ3v) is 5.93. The quantitative estimate of drug-likeness (QED) is 0.629. The Morgan fingerprint density at radius 3 is 2.60 bits per heavy atom. The average molecular weight is 425 g/mol. The summed E-state index contributed by atoms with van der Waals surface area (Å²) >= 11 is 6.36. The Bertz CT molecular complexity index is 1040. The van der Waals surface area contributed by atoms with Crippen molar-refractivity contribution in [3.8, 4) is 11.4 Å². The second-order valence-corrected chi connectivity index (χ2v) is 7.90. The van der Waals surface area contributed by atoms with Gasteiger partial charge in [-0.15, -0.1) is 0 Å². The molecule has 0 bridgehead atoms. The zero-order valence-corrected chi connectivity index (χ0v) is 17.9. The second-order valence-electron chi connectivity index (χ2n) is 7.50. The molecule has 0 radical (unpaired) electrons. The van der Waals surface area contributed by atoms with Gasteiger partial charge in [0.2, 0.25) is 0 Å². The number of nitrogens with one attached hydrogen (secondary N) is 2. The van der Waals surface area contributed by atoms with Crippen molar-refractivity contribution < 1.29 is 9.53 Å². The van der Waals surface area contributed by atoms with Crippen LogP contribution in [0.15, 0.2) is 48.7 Å². The van der Waals surface area contributed by atoms with E-state index in [1.165, 1.54) is 0 Å². The summed E-state index contributed by atoms with van der Waals surface area (Å²) in [5, 5.41) is 11.6. The van der Waals surface area contributed by atoms with Gasteiger partial charge in [0.05, 0.1) is 30.3 Å². The summed E-state index contributed by atoms with van der Waals surface area (Å²) in [7, 11) is 1.62. The standard InChI is InChI=1S/C23H25ClN4O2/c1-15-3-6-18(13-21(15)24)28-22(16-9-11-25-12-10-16)20(14-26-28)23(29)27-17-4-7-19(30-2)8-5-17/h3-8,13-14,16,25H,9-12H2,1-2H3,(H,27,29). The molecule has 1 aromatic heterocycles. The molecule has 6 nitrogen and oxygen atoms in total. The van der Waals surface area contributed by atoms with Crippen molar-refractivity contribution in [2.75, 3.05) is 25.5 Å². The number of rotatable bonds is 5. The Morgan fingerprint density at radius 2 is 1.93 bits per heavy atom. The van der Waals surface area contributed by atoms with Crippen LogP contribution < -0.4 is 15.4 Å². The van der Waals surface area contributed by atoms with Crippen molar-refractivity contribution in [2.45, 2.75) is 25.7 Å². The van der Waals surface area contributed by atoms with E-state index < -0.39 is 0 Å². The molecule has 2 aromatic carbocycles. The van der Waals surface area contributed by atoms with Gasteiger partial charge < -0.3 is 15.4 Å². The van der Waals surface area contributed by atoms with E-state index >= 15 is 0 Å². The molecule has 2 heterocycles. The third-order valence-electron chi connectivity index (χ3n) is 5.52. The molecule has 1 amide bonds. The molecule has 0 spiro atoms. The first kappa shape index (κ1) is 20.4. The van der Waals surface area contributed by atoms with Gasteiger partial charge in [-0.05, 0) is 74.8 Å². The molecule has 0 atom stereocenters. The number of anilines is 1. The van der Waals surface area contributed by atoms with Gasteiger partial charge in [-0.1, -0.05) is 17.7 Å². The van der Waals surface area contributed by atoms with Crippen molar-refractivity contribution in [1.82, 2.24) is 15.1 Å². The number of ether oxygens (including phenoxy) is 1. The predicted molar refractivity (Wildman–Crippen MR) is 119 cm³/mol. The van der Waals surface area contributed by atoms with Gasteiger partial charge in [0.15, 0.2) is 0 Å². The number of aromatic nitrogens is 2. The van der Waals surface area contributed by atoms with Crippen molar-refractivity contribution >= 4 is 23.2 Å². The Balaban J connectivity index is 1.70. The van der Waals surface area contributed by atoms with Crippen LogP contribution in [0, 0.1) is 6.92 Å². The van der Waals surface area contributed by atoms with Crippen molar-refractivity contribution in [2.24, 2.45) is 0 Å². The van der Waals surface area contributed by atoms with Crippen LogP contribution in [-0.2, 0) is 0 Å². The Kier molecular flexibility index (Phi) is 6.06. The monoisotopic (exact) mass is 424 g/mol. The number of carbonyl (C=O) groups excluding carboxylic acids is 1. The van der Waals surface area contributed by atoms with Crippen LogP contribution in [0.3, 0.4) is 0 Å². The highest BCUT2D eigenvalue weighted by Gasteiger charge is 2.27. The van der Waals surface area contributed by atoms with Gasteiger partial charge in [-0.2, -0.15) is 5.10 Å². The number of halogens is 1.